The number of pyridine rings is 1. The highest BCUT2D eigenvalue weighted by Gasteiger charge is 2.37. The summed E-state index contributed by atoms with van der Waals surface area (Å²) in [4.78, 5) is 29.6. The summed E-state index contributed by atoms with van der Waals surface area (Å²) in [5.41, 5.74) is 1.94. The Bertz CT molecular complexity index is 1130. The van der Waals surface area contributed by atoms with Gasteiger partial charge in [-0.25, -0.2) is 9.97 Å². The molecule has 1 aliphatic heterocycles. The van der Waals surface area contributed by atoms with Gasteiger partial charge in [0, 0.05) is 49.5 Å². The lowest BCUT2D eigenvalue weighted by atomic mass is 9.94. The van der Waals surface area contributed by atoms with Crippen molar-refractivity contribution in [2.45, 2.75) is 25.9 Å². The van der Waals surface area contributed by atoms with Gasteiger partial charge in [-0.1, -0.05) is 43.3 Å². The summed E-state index contributed by atoms with van der Waals surface area (Å²) in [7, 11) is 0. The maximum Gasteiger partial charge on any atom is 0.259 e. The van der Waals surface area contributed by atoms with Crippen LogP contribution in [0.2, 0.25) is 0 Å². The van der Waals surface area contributed by atoms with Crippen molar-refractivity contribution in [3.63, 3.8) is 0 Å². The number of piperazine rings is 1. The van der Waals surface area contributed by atoms with Crippen molar-refractivity contribution in [2.75, 3.05) is 37.0 Å². The van der Waals surface area contributed by atoms with E-state index in [4.69, 9.17) is 11.6 Å². The summed E-state index contributed by atoms with van der Waals surface area (Å²) >= 11 is 5.77. The van der Waals surface area contributed by atoms with Crippen LogP contribution in [0.25, 0.3) is 17.5 Å². The molecule has 0 saturated carbocycles. The Morgan fingerprint density at radius 2 is 1.91 bits per heavy atom. The SMILES string of the molecule is CCc1[nH]c(-c2ccc(N3CCN(C(=O)C(C)(O)c4ccccc4)CC3)nc2)nc1C=CCCl. The zero-order chi connectivity index (χ0) is 24.1. The zero-order valence-corrected chi connectivity index (χ0v) is 20.3. The van der Waals surface area contributed by atoms with E-state index in [1.165, 1.54) is 0 Å². The minimum atomic E-state index is -1.54. The van der Waals surface area contributed by atoms with Gasteiger partial charge in [0.15, 0.2) is 5.60 Å². The van der Waals surface area contributed by atoms with Crippen LogP contribution in [0.3, 0.4) is 0 Å². The lowest BCUT2D eigenvalue weighted by Gasteiger charge is -2.38. The number of nitrogens with one attached hydrogen (secondary N) is 1. The van der Waals surface area contributed by atoms with Gasteiger partial charge in [-0.15, -0.1) is 11.6 Å². The molecule has 178 valence electrons. The predicted octanol–water partition coefficient (Wildman–Crippen LogP) is 3.84. The monoisotopic (exact) mass is 479 g/mol. The molecule has 34 heavy (non-hydrogen) atoms. The number of benzene rings is 1. The van der Waals surface area contributed by atoms with Crippen LogP contribution in [-0.2, 0) is 16.8 Å². The molecule has 0 radical (unpaired) electrons. The lowest BCUT2D eigenvalue weighted by Crippen LogP contribution is -2.54. The van der Waals surface area contributed by atoms with E-state index in [-0.39, 0.29) is 5.91 Å². The molecule has 1 amide bonds. The van der Waals surface area contributed by atoms with E-state index >= 15 is 0 Å². The van der Waals surface area contributed by atoms with Crippen LogP contribution in [-0.4, -0.2) is 62.9 Å². The Labute approximate surface area is 205 Å². The maximum absolute atomic E-state index is 13.0. The summed E-state index contributed by atoms with van der Waals surface area (Å²) in [5, 5.41) is 10.9. The minimum absolute atomic E-state index is 0.273. The molecule has 2 N–H and O–H groups in total. The second kappa shape index (κ2) is 10.4. The number of rotatable bonds is 7. The van der Waals surface area contributed by atoms with Gasteiger partial charge >= 0.3 is 0 Å². The average molecular weight is 480 g/mol. The molecule has 1 aliphatic rings. The fourth-order valence-electron chi connectivity index (χ4n) is 4.17. The van der Waals surface area contributed by atoms with Gasteiger partial charge in [0.05, 0.1) is 5.69 Å². The van der Waals surface area contributed by atoms with Crippen molar-refractivity contribution in [3.05, 3.63) is 71.7 Å². The minimum Gasteiger partial charge on any atom is -0.376 e. The number of carbonyl (C=O) groups excluding carboxylic acids is 1. The number of imidazole rings is 1. The first-order chi connectivity index (χ1) is 16.4. The van der Waals surface area contributed by atoms with Crippen molar-refractivity contribution in [2.24, 2.45) is 0 Å². The first-order valence-corrected chi connectivity index (χ1v) is 12.1. The Balaban J connectivity index is 1.40. The van der Waals surface area contributed by atoms with Crippen molar-refractivity contribution in [3.8, 4) is 11.4 Å². The molecule has 0 spiro atoms. The van der Waals surface area contributed by atoms with Crippen molar-refractivity contribution < 1.29 is 9.90 Å². The third kappa shape index (κ3) is 5.00. The molecule has 1 saturated heterocycles. The van der Waals surface area contributed by atoms with Crippen LogP contribution in [0.1, 0.15) is 30.8 Å². The van der Waals surface area contributed by atoms with Crippen LogP contribution in [0.15, 0.2) is 54.7 Å². The molecule has 4 rings (SSSR count). The van der Waals surface area contributed by atoms with Gasteiger partial charge in [-0.05, 0) is 37.1 Å². The predicted molar refractivity (Wildman–Crippen MR) is 136 cm³/mol. The third-order valence-corrected chi connectivity index (χ3v) is 6.37. The standard InChI is InChI=1S/C26H30ClN5O2/c1-3-21-22(10-7-13-27)30-24(29-21)19-11-12-23(28-18-19)31-14-16-32(17-15-31)25(33)26(2,34)20-8-5-4-6-9-20/h4-12,18,34H,3,13-17H2,1-2H3,(H,29,30). The summed E-state index contributed by atoms with van der Waals surface area (Å²) in [5.74, 6) is 1.81. The Morgan fingerprint density at radius 3 is 2.53 bits per heavy atom. The van der Waals surface area contributed by atoms with E-state index in [1.807, 2.05) is 48.7 Å². The number of aryl methyl sites for hydroxylation is 1. The molecule has 1 aromatic carbocycles. The molecule has 3 heterocycles. The van der Waals surface area contributed by atoms with E-state index in [0.29, 0.717) is 37.6 Å². The van der Waals surface area contributed by atoms with Crippen LogP contribution in [0.4, 0.5) is 5.82 Å². The fourth-order valence-corrected chi connectivity index (χ4v) is 4.26. The zero-order valence-electron chi connectivity index (χ0n) is 19.5. The molecule has 8 heteroatoms. The van der Waals surface area contributed by atoms with Crippen LogP contribution >= 0.6 is 11.6 Å². The number of aliphatic hydroxyl groups is 1. The van der Waals surface area contributed by atoms with Crippen LogP contribution in [0, 0.1) is 0 Å². The largest absolute Gasteiger partial charge is 0.376 e. The number of carbonyl (C=O) groups is 1. The number of nitrogens with zero attached hydrogens (tertiary/aromatic N) is 4. The molecule has 3 aromatic rings. The number of anilines is 1. The first kappa shape index (κ1) is 24.0. The number of amides is 1. The van der Waals surface area contributed by atoms with Gasteiger partial charge in [0.1, 0.15) is 11.6 Å². The van der Waals surface area contributed by atoms with Crippen molar-refractivity contribution in [1.82, 2.24) is 19.9 Å². The third-order valence-electron chi connectivity index (χ3n) is 6.19. The molecule has 0 bridgehead atoms. The molecule has 1 atom stereocenters. The topological polar surface area (TPSA) is 85.4 Å². The number of halogens is 1. The molecule has 1 unspecified atom stereocenters. The Morgan fingerprint density at radius 1 is 1.18 bits per heavy atom. The number of hydrogen-bond donors (Lipinski definition) is 2. The molecule has 0 aliphatic carbocycles. The summed E-state index contributed by atoms with van der Waals surface area (Å²) in [6.45, 7) is 6.00. The quantitative estimate of drug-likeness (QED) is 0.503. The smallest absolute Gasteiger partial charge is 0.259 e. The summed E-state index contributed by atoms with van der Waals surface area (Å²) < 4.78 is 0. The van der Waals surface area contributed by atoms with Crippen molar-refractivity contribution >= 4 is 29.4 Å². The molecule has 2 aromatic heterocycles. The number of allylic oxidation sites excluding steroid dienone is 1. The van der Waals surface area contributed by atoms with E-state index in [0.717, 1.165) is 35.0 Å². The van der Waals surface area contributed by atoms with Crippen molar-refractivity contribution in [1.29, 1.82) is 0 Å². The second-order valence-electron chi connectivity index (χ2n) is 8.48. The van der Waals surface area contributed by atoms with E-state index in [1.54, 1.807) is 24.0 Å². The molecule has 1 fully saturated rings. The number of H-pyrrole nitrogens is 1. The average Bonchev–Trinajstić information content (AvgIpc) is 3.31. The Hall–Kier alpha value is -3.16. The molecule has 7 nitrogen and oxygen atoms in total. The van der Waals surface area contributed by atoms with Gasteiger partial charge in [0.2, 0.25) is 0 Å². The normalized spacial score (nSPS) is 16.1. The van der Waals surface area contributed by atoms with E-state index in [9.17, 15) is 9.90 Å². The van der Waals surface area contributed by atoms with Gasteiger partial charge in [-0.3, -0.25) is 4.79 Å². The first-order valence-electron chi connectivity index (χ1n) is 11.5. The Kier molecular flexibility index (Phi) is 7.34. The molecular weight excluding hydrogens is 450 g/mol. The summed E-state index contributed by atoms with van der Waals surface area (Å²) in [6.07, 6.45) is 6.48. The number of hydrogen-bond acceptors (Lipinski definition) is 5. The molecular formula is C26H30ClN5O2. The second-order valence-corrected chi connectivity index (χ2v) is 8.79. The number of aromatic nitrogens is 3. The fraction of sp³-hybridized carbons (Fsp3) is 0.346. The van der Waals surface area contributed by atoms with Gasteiger partial charge in [0.25, 0.3) is 5.91 Å². The number of aromatic amines is 1. The highest BCUT2D eigenvalue weighted by molar-refractivity contribution is 6.19. The van der Waals surface area contributed by atoms with E-state index < -0.39 is 5.60 Å². The highest BCUT2D eigenvalue weighted by atomic mass is 35.5. The maximum atomic E-state index is 13.0. The van der Waals surface area contributed by atoms with E-state index in [2.05, 4.69) is 26.8 Å². The highest BCUT2D eigenvalue weighted by Crippen LogP contribution is 2.25. The van der Waals surface area contributed by atoms with Gasteiger partial charge < -0.3 is 19.9 Å². The summed E-state index contributed by atoms with van der Waals surface area (Å²) in [6, 6.07) is 13.1. The van der Waals surface area contributed by atoms with Gasteiger partial charge in [-0.2, -0.15) is 0 Å². The van der Waals surface area contributed by atoms with Crippen LogP contribution < -0.4 is 4.90 Å². The number of alkyl halides is 1. The lowest BCUT2D eigenvalue weighted by molar-refractivity contribution is -0.150. The van der Waals surface area contributed by atoms with Crippen LogP contribution in [0.5, 0.6) is 0 Å².